The maximum Gasteiger partial charge on any atom is 0.228 e. The Balaban J connectivity index is 1.27. The van der Waals surface area contributed by atoms with E-state index in [1.807, 2.05) is 35.2 Å². The van der Waals surface area contributed by atoms with E-state index in [-0.39, 0.29) is 17.9 Å². The van der Waals surface area contributed by atoms with Crippen LogP contribution in [0.3, 0.4) is 0 Å². The third-order valence-electron chi connectivity index (χ3n) is 5.97. The van der Waals surface area contributed by atoms with Crippen molar-refractivity contribution in [1.29, 1.82) is 0 Å². The highest BCUT2D eigenvalue weighted by molar-refractivity contribution is 5.80. The van der Waals surface area contributed by atoms with Gasteiger partial charge in [-0.15, -0.1) is 0 Å². The second-order valence-electron chi connectivity index (χ2n) is 8.30. The van der Waals surface area contributed by atoms with Crippen LogP contribution in [0.5, 0.6) is 0 Å². The van der Waals surface area contributed by atoms with Gasteiger partial charge in [-0.1, -0.05) is 72.8 Å². The molecule has 4 nitrogen and oxygen atoms in total. The summed E-state index contributed by atoms with van der Waals surface area (Å²) in [7, 11) is 0. The van der Waals surface area contributed by atoms with Crippen molar-refractivity contribution in [2.75, 3.05) is 19.9 Å². The van der Waals surface area contributed by atoms with E-state index in [2.05, 4.69) is 42.5 Å². The molecule has 0 spiro atoms. The Morgan fingerprint density at radius 3 is 2.43 bits per heavy atom. The lowest BCUT2D eigenvalue weighted by atomic mass is 9.96. The van der Waals surface area contributed by atoms with Gasteiger partial charge in [-0.2, -0.15) is 0 Å². The fourth-order valence-electron chi connectivity index (χ4n) is 4.12. The van der Waals surface area contributed by atoms with Crippen molar-refractivity contribution in [3.05, 3.63) is 83.9 Å². The van der Waals surface area contributed by atoms with Gasteiger partial charge >= 0.3 is 0 Å². The second kappa shape index (κ2) is 10.6. The molecule has 0 aromatic heterocycles. The van der Waals surface area contributed by atoms with Gasteiger partial charge in [0, 0.05) is 5.92 Å². The fraction of sp³-hybridized carbons (Fsp3) is 0.423. The van der Waals surface area contributed by atoms with Crippen LogP contribution in [-0.2, 0) is 27.3 Å². The SMILES string of the molecule is O=C([C@@H](C/C=C/COCc1ccccc1)C1CC1)N1COC[C@@H]1Cc1ccccc1. The molecule has 1 amide bonds. The van der Waals surface area contributed by atoms with E-state index in [0.29, 0.717) is 32.5 Å². The molecule has 2 atom stereocenters. The zero-order valence-electron chi connectivity index (χ0n) is 17.5. The van der Waals surface area contributed by atoms with Gasteiger partial charge in [-0.25, -0.2) is 0 Å². The van der Waals surface area contributed by atoms with Gasteiger partial charge in [-0.3, -0.25) is 4.79 Å². The van der Waals surface area contributed by atoms with Gasteiger partial charge < -0.3 is 14.4 Å². The van der Waals surface area contributed by atoms with Crippen LogP contribution in [0.4, 0.5) is 0 Å². The number of allylic oxidation sites excluding steroid dienone is 1. The molecule has 158 valence electrons. The average Bonchev–Trinajstić information content (AvgIpc) is 3.52. The molecule has 0 unspecified atom stereocenters. The Morgan fingerprint density at radius 2 is 1.73 bits per heavy atom. The van der Waals surface area contributed by atoms with Crippen molar-refractivity contribution < 1.29 is 14.3 Å². The van der Waals surface area contributed by atoms with Crippen LogP contribution >= 0.6 is 0 Å². The van der Waals surface area contributed by atoms with E-state index in [0.717, 1.165) is 25.7 Å². The highest BCUT2D eigenvalue weighted by Gasteiger charge is 2.40. The molecule has 1 aliphatic carbocycles. The molecule has 1 aliphatic heterocycles. The first-order valence-corrected chi connectivity index (χ1v) is 11.0. The summed E-state index contributed by atoms with van der Waals surface area (Å²) in [6.07, 6.45) is 8.13. The second-order valence-corrected chi connectivity index (χ2v) is 8.30. The Labute approximate surface area is 179 Å². The summed E-state index contributed by atoms with van der Waals surface area (Å²) in [5, 5.41) is 0. The highest BCUT2D eigenvalue weighted by atomic mass is 16.5. The molecule has 2 fully saturated rings. The van der Waals surface area contributed by atoms with Crippen LogP contribution in [0.1, 0.15) is 30.4 Å². The predicted molar refractivity (Wildman–Crippen MR) is 118 cm³/mol. The first kappa shape index (κ1) is 20.8. The molecular weight excluding hydrogens is 374 g/mol. The van der Waals surface area contributed by atoms with E-state index >= 15 is 0 Å². The Bertz CT molecular complexity index is 817. The van der Waals surface area contributed by atoms with Crippen LogP contribution in [-0.4, -0.2) is 36.8 Å². The van der Waals surface area contributed by atoms with Crippen LogP contribution in [0.2, 0.25) is 0 Å². The van der Waals surface area contributed by atoms with Gasteiger partial charge in [0.1, 0.15) is 6.73 Å². The van der Waals surface area contributed by atoms with Gasteiger partial charge in [0.2, 0.25) is 5.91 Å². The molecule has 0 N–H and O–H groups in total. The molecule has 0 bridgehead atoms. The first-order chi connectivity index (χ1) is 14.8. The minimum absolute atomic E-state index is 0.0651. The molecule has 2 aliphatic rings. The zero-order valence-corrected chi connectivity index (χ0v) is 17.5. The lowest BCUT2D eigenvalue weighted by molar-refractivity contribution is -0.138. The quantitative estimate of drug-likeness (QED) is 0.428. The Hall–Kier alpha value is -2.43. The molecule has 2 aromatic carbocycles. The number of carbonyl (C=O) groups is 1. The van der Waals surface area contributed by atoms with Gasteiger partial charge in [-0.05, 0) is 42.7 Å². The van der Waals surface area contributed by atoms with Crippen molar-refractivity contribution in [2.24, 2.45) is 11.8 Å². The molecule has 4 heteroatoms. The van der Waals surface area contributed by atoms with Crippen molar-refractivity contribution in [3.63, 3.8) is 0 Å². The largest absolute Gasteiger partial charge is 0.373 e. The Kier molecular flexibility index (Phi) is 7.33. The minimum Gasteiger partial charge on any atom is -0.373 e. The van der Waals surface area contributed by atoms with Crippen LogP contribution in [0.15, 0.2) is 72.8 Å². The molecule has 1 saturated heterocycles. The number of nitrogens with zero attached hydrogens (tertiary/aromatic N) is 1. The minimum atomic E-state index is 0.0651. The lowest BCUT2D eigenvalue weighted by Crippen LogP contribution is -2.42. The fourth-order valence-corrected chi connectivity index (χ4v) is 4.12. The maximum absolute atomic E-state index is 13.3. The summed E-state index contributed by atoms with van der Waals surface area (Å²) in [4.78, 5) is 15.3. The molecule has 0 radical (unpaired) electrons. The van der Waals surface area contributed by atoms with Gasteiger partial charge in [0.25, 0.3) is 0 Å². The number of ether oxygens (including phenoxy) is 2. The lowest BCUT2D eigenvalue weighted by Gasteiger charge is -2.27. The Morgan fingerprint density at radius 1 is 1.03 bits per heavy atom. The summed E-state index contributed by atoms with van der Waals surface area (Å²) in [6.45, 7) is 2.23. The van der Waals surface area contributed by atoms with Gasteiger partial charge in [0.15, 0.2) is 0 Å². The number of benzene rings is 2. The summed E-state index contributed by atoms with van der Waals surface area (Å²) >= 11 is 0. The van der Waals surface area contributed by atoms with Crippen molar-refractivity contribution in [2.45, 2.75) is 38.3 Å². The normalized spacial score (nSPS) is 20.0. The maximum atomic E-state index is 13.3. The standard InChI is InChI=1S/C26H31NO3/c28-26(27-20-30-19-24(27)17-21-9-3-1-4-10-21)25(23-14-15-23)13-7-8-16-29-18-22-11-5-2-6-12-22/h1-12,23-25H,13-20H2/b8-7+/t24-,25-/m0/s1. The number of amides is 1. The number of hydrogen-bond donors (Lipinski definition) is 0. The highest BCUT2D eigenvalue weighted by Crippen LogP contribution is 2.40. The van der Waals surface area contributed by atoms with Crippen LogP contribution in [0.25, 0.3) is 0 Å². The summed E-state index contributed by atoms with van der Waals surface area (Å²) in [6, 6.07) is 20.7. The topological polar surface area (TPSA) is 38.8 Å². The number of carbonyl (C=O) groups excluding carboxylic acids is 1. The monoisotopic (exact) mass is 405 g/mol. The van der Waals surface area contributed by atoms with Crippen molar-refractivity contribution in [3.8, 4) is 0 Å². The van der Waals surface area contributed by atoms with E-state index in [1.54, 1.807) is 0 Å². The summed E-state index contributed by atoms with van der Waals surface area (Å²) in [5.74, 6) is 0.839. The van der Waals surface area contributed by atoms with E-state index in [9.17, 15) is 4.79 Å². The average molecular weight is 406 g/mol. The summed E-state index contributed by atoms with van der Waals surface area (Å²) in [5.41, 5.74) is 2.43. The van der Waals surface area contributed by atoms with E-state index in [4.69, 9.17) is 9.47 Å². The summed E-state index contributed by atoms with van der Waals surface area (Å²) < 4.78 is 11.4. The smallest absolute Gasteiger partial charge is 0.228 e. The molecule has 1 heterocycles. The first-order valence-electron chi connectivity index (χ1n) is 11.0. The third-order valence-corrected chi connectivity index (χ3v) is 5.97. The molecule has 4 rings (SSSR count). The third kappa shape index (κ3) is 5.80. The molecular formula is C26H31NO3. The number of rotatable bonds is 10. The van der Waals surface area contributed by atoms with Gasteiger partial charge in [0.05, 0.1) is 25.9 Å². The van der Waals surface area contributed by atoms with E-state index < -0.39 is 0 Å². The molecule has 30 heavy (non-hydrogen) atoms. The zero-order chi connectivity index (χ0) is 20.6. The van der Waals surface area contributed by atoms with Crippen LogP contribution in [0, 0.1) is 11.8 Å². The molecule has 2 aromatic rings. The predicted octanol–water partition coefficient (Wildman–Crippen LogP) is 4.60. The van der Waals surface area contributed by atoms with Crippen LogP contribution < -0.4 is 0 Å². The van der Waals surface area contributed by atoms with Crippen molar-refractivity contribution in [1.82, 2.24) is 4.90 Å². The van der Waals surface area contributed by atoms with Crippen molar-refractivity contribution >= 4 is 5.91 Å². The molecule has 1 saturated carbocycles. The van der Waals surface area contributed by atoms with E-state index in [1.165, 1.54) is 11.1 Å². The number of hydrogen-bond acceptors (Lipinski definition) is 3.